The number of halogens is 4. The zero-order chi connectivity index (χ0) is 28.9. The van der Waals surface area contributed by atoms with Crippen molar-refractivity contribution in [1.82, 2.24) is 14.9 Å². The van der Waals surface area contributed by atoms with Crippen LogP contribution in [-0.2, 0) is 39.5 Å². The van der Waals surface area contributed by atoms with E-state index in [0.717, 1.165) is 0 Å². The van der Waals surface area contributed by atoms with Gasteiger partial charge < -0.3 is 24.8 Å². The van der Waals surface area contributed by atoms with Gasteiger partial charge in [-0.15, -0.1) is 0 Å². The zero-order valence-corrected chi connectivity index (χ0v) is 21.3. The van der Waals surface area contributed by atoms with Gasteiger partial charge in [-0.25, -0.2) is 14.2 Å². The molecule has 210 valence electrons. The summed E-state index contributed by atoms with van der Waals surface area (Å²) in [6, 6.07) is 1.65. The van der Waals surface area contributed by atoms with Crippen molar-refractivity contribution in [3.63, 3.8) is 0 Å². The van der Waals surface area contributed by atoms with Crippen LogP contribution >= 0.6 is 0 Å². The van der Waals surface area contributed by atoms with Crippen molar-refractivity contribution >= 4 is 22.8 Å². The quantitative estimate of drug-likeness (QED) is 0.259. The molecular formula is C27H23F4N3O6. The third-order valence-corrected chi connectivity index (χ3v) is 8.25. The van der Waals surface area contributed by atoms with Gasteiger partial charge in [0.25, 0.3) is 11.5 Å². The first kappa shape index (κ1) is 26.4. The maximum Gasteiger partial charge on any atom is 0.423 e. The largest absolute Gasteiger partial charge is 0.458 e. The molecule has 1 aromatic carbocycles. The molecule has 40 heavy (non-hydrogen) atoms. The van der Waals surface area contributed by atoms with Crippen LogP contribution in [0.25, 0.3) is 22.3 Å². The summed E-state index contributed by atoms with van der Waals surface area (Å²) in [6.07, 6.45) is -8.16. The number of nitrogens with one attached hydrogen (secondary N) is 1. The lowest BCUT2D eigenvalue weighted by molar-refractivity contribution is -0.205. The molecule has 0 radical (unpaired) electrons. The number of rotatable bonds is 3. The van der Waals surface area contributed by atoms with E-state index >= 15 is 0 Å². The molecule has 3 atom stereocenters. The number of hydrogen-bond donors (Lipinski definition) is 3. The minimum Gasteiger partial charge on any atom is -0.458 e. The number of aryl methyl sites for hydroxylation is 1. The lowest BCUT2D eigenvalue weighted by Gasteiger charge is -2.31. The Bertz CT molecular complexity index is 1720. The molecule has 1 amide bonds. The molecule has 0 spiro atoms. The monoisotopic (exact) mass is 561 g/mol. The normalized spacial score (nSPS) is 21.9. The number of cyclic esters (lactones) is 1. The Balaban J connectivity index is 1.60. The van der Waals surface area contributed by atoms with Gasteiger partial charge in [-0.2, -0.15) is 13.2 Å². The molecular weight excluding hydrogens is 538 g/mol. The van der Waals surface area contributed by atoms with Gasteiger partial charge in [0.2, 0.25) is 6.10 Å². The summed E-state index contributed by atoms with van der Waals surface area (Å²) in [5.74, 6) is -3.08. The molecule has 3 aromatic rings. The Morgan fingerprint density at radius 3 is 2.67 bits per heavy atom. The molecule has 0 saturated carbocycles. The maximum atomic E-state index is 14.9. The fourth-order valence-corrected chi connectivity index (χ4v) is 6.10. The van der Waals surface area contributed by atoms with Crippen molar-refractivity contribution in [2.45, 2.75) is 70.2 Å². The van der Waals surface area contributed by atoms with Crippen molar-refractivity contribution < 1.29 is 42.1 Å². The number of carbonyl (C=O) groups is 2. The molecule has 13 heteroatoms. The number of hydrogen-bond acceptors (Lipinski definition) is 7. The predicted octanol–water partition coefficient (Wildman–Crippen LogP) is 2.55. The van der Waals surface area contributed by atoms with E-state index in [4.69, 9.17) is 4.74 Å². The summed E-state index contributed by atoms with van der Waals surface area (Å²) >= 11 is 0. The van der Waals surface area contributed by atoms with Crippen molar-refractivity contribution in [3.05, 3.63) is 61.7 Å². The number of alkyl halides is 3. The highest BCUT2D eigenvalue weighted by Gasteiger charge is 2.47. The first-order valence-corrected chi connectivity index (χ1v) is 12.6. The van der Waals surface area contributed by atoms with E-state index in [9.17, 15) is 42.2 Å². The van der Waals surface area contributed by atoms with Crippen molar-refractivity contribution in [1.29, 1.82) is 0 Å². The molecule has 4 heterocycles. The number of aromatic nitrogens is 2. The van der Waals surface area contributed by atoms with Gasteiger partial charge >= 0.3 is 12.1 Å². The molecule has 1 aliphatic carbocycles. The first-order chi connectivity index (χ1) is 18.8. The molecule has 2 unspecified atom stereocenters. The Morgan fingerprint density at radius 1 is 1.27 bits per heavy atom. The predicted molar refractivity (Wildman–Crippen MR) is 130 cm³/mol. The van der Waals surface area contributed by atoms with E-state index < -0.39 is 47.2 Å². The molecule has 2 aromatic heterocycles. The van der Waals surface area contributed by atoms with Crippen LogP contribution < -0.4 is 10.9 Å². The number of carbonyl (C=O) groups excluding carboxylic acids is 2. The fraction of sp³-hybridized carbons (Fsp3) is 0.407. The number of amides is 1. The first-order valence-electron chi connectivity index (χ1n) is 12.6. The van der Waals surface area contributed by atoms with E-state index in [2.05, 4.69) is 10.3 Å². The molecule has 3 N–H and O–H groups in total. The van der Waals surface area contributed by atoms with Gasteiger partial charge in [0.05, 0.1) is 35.1 Å². The van der Waals surface area contributed by atoms with Crippen LogP contribution in [-0.4, -0.2) is 43.9 Å². The van der Waals surface area contributed by atoms with Crippen molar-refractivity contribution in [3.8, 4) is 11.4 Å². The van der Waals surface area contributed by atoms with Gasteiger partial charge in [0.1, 0.15) is 12.4 Å². The molecule has 0 fully saturated rings. The van der Waals surface area contributed by atoms with Gasteiger partial charge in [0.15, 0.2) is 5.60 Å². The van der Waals surface area contributed by atoms with E-state index in [1.165, 1.54) is 16.7 Å². The number of fused-ring (bicyclic) bond motifs is 5. The van der Waals surface area contributed by atoms with Crippen molar-refractivity contribution in [2.75, 3.05) is 0 Å². The van der Waals surface area contributed by atoms with Gasteiger partial charge in [-0.3, -0.25) is 9.59 Å². The number of aliphatic hydroxyl groups is 2. The Labute approximate surface area is 223 Å². The smallest absolute Gasteiger partial charge is 0.423 e. The fourth-order valence-electron chi connectivity index (χ4n) is 6.10. The zero-order valence-electron chi connectivity index (χ0n) is 21.3. The van der Waals surface area contributed by atoms with Crippen LogP contribution in [0.4, 0.5) is 17.6 Å². The highest BCUT2D eigenvalue weighted by molar-refractivity contribution is 5.94. The number of pyridine rings is 2. The van der Waals surface area contributed by atoms with E-state index in [1.807, 2.05) is 0 Å². The second-order valence-corrected chi connectivity index (χ2v) is 10.4. The third-order valence-electron chi connectivity index (χ3n) is 8.25. The number of benzene rings is 1. The Kier molecular flexibility index (Phi) is 5.66. The van der Waals surface area contributed by atoms with E-state index in [1.54, 1.807) is 13.8 Å². The summed E-state index contributed by atoms with van der Waals surface area (Å²) < 4.78 is 60.6. The summed E-state index contributed by atoms with van der Waals surface area (Å²) in [5.41, 5.74) is -0.122. The molecule has 0 bridgehead atoms. The molecule has 3 aliphatic rings. The van der Waals surface area contributed by atoms with Gasteiger partial charge in [-0.05, 0) is 48.9 Å². The Morgan fingerprint density at radius 2 is 2.00 bits per heavy atom. The van der Waals surface area contributed by atoms with E-state index in [-0.39, 0.29) is 60.4 Å². The number of nitrogens with zero attached hydrogens (tertiary/aromatic N) is 2. The highest BCUT2D eigenvalue weighted by atomic mass is 19.4. The van der Waals surface area contributed by atoms with Crippen LogP contribution in [0.15, 0.2) is 16.9 Å². The lowest BCUT2D eigenvalue weighted by atomic mass is 9.81. The number of ether oxygens (including phenoxy) is 1. The summed E-state index contributed by atoms with van der Waals surface area (Å²) in [7, 11) is 0. The minimum absolute atomic E-state index is 0.0693. The van der Waals surface area contributed by atoms with Crippen LogP contribution in [0, 0.1) is 12.7 Å². The standard InChI is InChI=1S/C27H23F4N3O6/c1-3-26(39)14-6-18-21-12(8-34(18)24(37)13(14)9-40-25(26)38)20-16(33-23(36)22(35)27(29,30)31)5-4-11-10(2)15(28)7-17(32-21)19(11)20/h6-7,16,22,35,39H,3-5,8-9H2,1-2H3,(H,33,36)/t16?,22?,26-/m0/s1. The summed E-state index contributed by atoms with van der Waals surface area (Å²) in [5, 5.41) is 23.4. The van der Waals surface area contributed by atoms with Crippen LogP contribution in [0.1, 0.15) is 59.2 Å². The summed E-state index contributed by atoms with van der Waals surface area (Å²) in [6.45, 7) is 2.71. The minimum atomic E-state index is -5.18. The molecule has 6 rings (SSSR count). The molecule has 2 aliphatic heterocycles. The van der Waals surface area contributed by atoms with Gasteiger partial charge in [-0.1, -0.05) is 6.92 Å². The number of esters is 1. The average Bonchev–Trinajstić information content (AvgIpc) is 3.27. The average molecular weight is 561 g/mol. The van der Waals surface area contributed by atoms with Crippen molar-refractivity contribution in [2.24, 2.45) is 0 Å². The van der Waals surface area contributed by atoms with Crippen LogP contribution in [0.2, 0.25) is 0 Å². The Hall–Kier alpha value is -3.84. The molecule has 0 saturated heterocycles. The second-order valence-electron chi connectivity index (χ2n) is 10.4. The maximum absolute atomic E-state index is 14.9. The highest BCUT2D eigenvalue weighted by Crippen LogP contribution is 2.46. The van der Waals surface area contributed by atoms with Crippen LogP contribution in [0.5, 0.6) is 0 Å². The SMILES string of the molecule is CC[C@@]1(O)C(=O)OCc2c1cc1n(c2=O)Cc2c-1nc1cc(F)c(C)c3c1c2C(NC(=O)C(O)C(F)(F)F)CC3. The van der Waals surface area contributed by atoms with E-state index in [0.29, 0.717) is 27.6 Å². The number of aliphatic hydroxyl groups excluding tert-OH is 1. The van der Waals surface area contributed by atoms with Gasteiger partial charge in [0, 0.05) is 22.6 Å². The molecule has 9 nitrogen and oxygen atoms in total. The lowest BCUT2D eigenvalue weighted by Crippen LogP contribution is -2.45. The topological polar surface area (TPSA) is 131 Å². The third kappa shape index (κ3) is 3.53. The second kappa shape index (κ2) is 8.58. The summed E-state index contributed by atoms with van der Waals surface area (Å²) in [4.78, 5) is 43.1. The van der Waals surface area contributed by atoms with Crippen LogP contribution in [0.3, 0.4) is 0 Å².